The highest BCUT2D eigenvalue weighted by Gasteiger charge is 2.35. The lowest BCUT2D eigenvalue weighted by atomic mass is 9.85. The van der Waals surface area contributed by atoms with E-state index < -0.39 is 0 Å². The van der Waals surface area contributed by atoms with Crippen molar-refractivity contribution in [2.45, 2.75) is 38.1 Å². The highest BCUT2D eigenvalue weighted by Crippen LogP contribution is 2.33. The van der Waals surface area contributed by atoms with Crippen LogP contribution in [0, 0.1) is 17.2 Å². The lowest BCUT2D eigenvalue weighted by Gasteiger charge is -2.30. The van der Waals surface area contributed by atoms with Crippen molar-refractivity contribution in [1.29, 1.82) is 5.26 Å². The molecule has 1 aliphatic carbocycles. The van der Waals surface area contributed by atoms with Crippen LogP contribution in [0.3, 0.4) is 0 Å². The zero-order valence-corrected chi connectivity index (χ0v) is 10.2. The summed E-state index contributed by atoms with van der Waals surface area (Å²) in [6, 6.07) is 2.46. The lowest BCUT2D eigenvalue weighted by Crippen LogP contribution is -2.48. The Hall–Kier alpha value is -0.590. The van der Waals surface area contributed by atoms with Gasteiger partial charge in [-0.25, -0.2) is 0 Å². The van der Waals surface area contributed by atoms with Gasteiger partial charge in [0.15, 0.2) is 0 Å². The number of nitrogens with zero attached hydrogens (tertiary/aromatic N) is 2. The van der Waals surface area contributed by atoms with Crippen LogP contribution in [-0.2, 0) is 0 Å². The second kappa shape index (κ2) is 5.48. The molecule has 0 aromatic carbocycles. The van der Waals surface area contributed by atoms with Crippen LogP contribution in [0.1, 0.15) is 32.6 Å². The van der Waals surface area contributed by atoms with E-state index in [1.807, 2.05) is 0 Å². The van der Waals surface area contributed by atoms with Gasteiger partial charge in [0.25, 0.3) is 0 Å². The van der Waals surface area contributed by atoms with Crippen LogP contribution in [0.2, 0.25) is 0 Å². The monoisotopic (exact) mass is 209 g/mol. The molecule has 1 aliphatic rings. The van der Waals surface area contributed by atoms with Gasteiger partial charge in [-0.2, -0.15) is 5.26 Å². The molecule has 0 spiro atoms. The van der Waals surface area contributed by atoms with Gasteiger partial charge >= 0.3 is 0 Å². The summed E-state index contributed by atoms with van der Waals surface area (Å²) < 4.78 is 0. The van der Waals surface area contributed by atoms with Crippen LogP contribution < -0.4 is 5.32 Å². The Morgan fingerprint density at radius 1 is 1.40 bits per heavy atom. The van der Waals surface area contributed by atoms with Crippen molar-refractivity contribution >= 4 is 0 Å². The van der Waals surface area contributed by atoms with Crippen LogP contribution in [-0.4, -0.2) is 37.6 Å². The molecule has 1 atom stereocenters. The molecule has 1 fully saturated rings. The molecule has 3 nitrogen and oxygen atoms in total. The maximum atomic E-state index is 9.28. The van der Waals surface area contributed by atoms with Gasteiger partial charge in [0.1, 0.15) is 5.54 Å². The molecule has 0 amide bonds. The summed E-state index contributed by atoms with van der Waals surface area (Å²) in [6.45, 7) is 3.94. The third-order valence-electron chi connectivity index (χ3n) is 3.46. The molecule has 0 aromatic rings. The fourth-order valence-corrected chi connectivity index (χ4v) is 2.32. The zero-order chi connectivity index (χ0) is 11.3. The summed E-state index contributed by atoms with van der Waals surface area (Å²) >= 11 is 0. The van der Waals surface area contributed by atoms with Gasteiger partial charge < -0.3 is 4.90 Å². The van der Waals surface area contributed by atoms with Crippen molar-refractivity contribution in [1.82, 2.24) is 10.2 Å². The highest BCUT2D eigenvalue weighted by atomic mass is 15.1. The van der Waals surface area contributed by atoms with Crippen LogP contribution in [0.5, 0.6) is 0 Å². The Balaban J connectivity index is 2.42. The molecule has 0 aromatic heterocycles. The molecular formula is C12H23N3. The van der Waals surface area contributed by atoms with E-state index in [0.717, 1.165) is 13.1 Å². The molecule has 1 unspecified atom stereocenters. The first-order chi connectivity index (χ1) is 7.08. The van der Waals surface area contributed by atoms with Crippen molar-refractivity contribution < 1.29 is 0 Å². The van der Waals surface area contributed by atoms with E-state index in [1.54, 1.807) is 0 Å². The molecule has 0 saturated heterocycles. The summed E-state index contributed by atoms with van der Waals surface area (Å²) in [7, 11) is 4.11. The van der Waals surface area contributed by atoms with Crippen LogP contribution >= 0.6 is 0 Å². The number of hydrogen-bond acceptors (Lipinski definition) is 3. The topological polar surface area (TPSA) is 39.1 Å². The Morgan fingerprint density at radius 2 is 2.00 bits per heavy atom. The minimum Gasteiger partial charge on any atom is -0.308 e. The first-order valence-corrected chi connectivity index (χ1v) is 5.89. The summed E-state index contributed by atoms with van der Waals surface area (Å²) in [5.41, 5.74) is -0.313. The zero-order valence-electron chi connectivity index (χ0n) is 10.2. The fourth-order valence-electron chi connectivity index (χ4n) is 2.32. The minimum absolute atomic E-state index is 0.313. The SMILES string of the molecule is CN(C)CCNC(C)(C#N)C1CCCC1. The van der Waals surface area contributed by atoms with E-state index in [9.17, 15) is 5.26 Å². The molecule has 1 saturated carbocycles. The van der Waals surface area contributed by atoms with Gasteiger partial charge in [0, 0.05) is 13.1 Å². The predicted octanol–water partition coefficient (Wildman–Crippen LogP) is 1.61. The van der Waals surface area contributed by atoms with E-state index in [-0.39, 0.29) is 5.54 Å². The fraction of sp³-hybridized carbons (Fsp3) is 0.917. The maximum Gasteiger partial charge on any atom is 0.106 e. The minimum atomic E-state index is -0.313. The normalized spacial score (nSPS) is 21.5. The molecular weight excluding hydrogens is 186 g/mol. The lowest BCUT2D eigenvalue weighted by molar-refractivity contribution is 0.284. The van der Waals surface area contributed by atoms with Gasteiger partial charge in [-0.3, -0.25) is 5.32 Å². The average Bonchev–Trinajstić information content (AvgIpc) is 2.70. The van der Waals surface area contributed by atoms with Crippen molar-refractivity contribution in [3.8, 4) is 6.07 Å². The summed E-state index contributed by atoms with van der Waals surface area (Å²) in [5, 5.41) is 12.7. The Bertz CT molecular complexity index is 226. The first-order valence-electron chi connectivity index (χ1n) is 5.89. The molecule has 86 valence electrons. The van der Waals surface area contributed by atoms with Crippen molar-refractivity contribution in [3.05, 3.63) is 0 Å². The Morgan fingerprint density at radius 3 is 2.47 bits per heavy atom. The third kappa shape index (κ3) is 3.48. The van der Waals surface area contributed by atoms with E-state index in [4.69, 9.17) is 0 Å². The molecule has 0 heterocycles. The van der Waals surface area contributed by atoms with E-state index in [1.165, 1.54) is 25.7 Å². The Kier molecular flexibility index (Phi) is 4.56. The molecule has 0 aliphatic heterocycles. The quantitative estimate of drug-likeness (QED) is 0.747. The molecule has 0 bridgehead atoms. The molecule has 0 radical (unpaired) electrons. The number of hydrogen-bond donors (Lipinski definition) is 1. The van der Waals surface area contributed by atoms with Crippen molar-refractivity contribution in [2.24, 2.45) is 5.92 Å². The second-order valence-corrected chi connectivity index (χ2v) is 5.03. The smallest absolute Gasteiger partial charge is 0.106 e. The van der Waals surface area contributed by atoms with E-state index in [2.05, 4.69) is 37.3 Å². The molecule has 1 rings (SSSR count). The first kappa shape index (κ1) is 12.5. The maximum absolute atomic E-state index is 9.28. The second-order valence-electron chi connectivity index (χ2n) is 5.03. The molecule has 3 heteroatoms. The van der Waals surface area contributed by atoms with Crippen LogP contribution in [0.25, 0.3) is 0 Å². The van der Waals surface area contributed by atoms with E-state index in [0.29, 0.717) is 5.92 Å². The summed E-state index contributed by atoms with van der Waals surface area (Å²) in [6.07, 6.45) is 4.99. The number of nitriles is 1. The largest absolute Gasteiger partial charge is 0.308 e. The van der Waals surface area contributed by atoms with E-state index >= 15 is 0 Å². The summed E-state index contributed by atoms with van der Waals surface area (Å²) in [4.78, 5) is 2.14. The van der Waals surface area contributed by atoms with Gasteiger partial charge in [0.05, 0.1) is 6.07 Å². The average molecular weight is 209 g/mol. The number of rotatable bonds is 5. The Labute approximate surface area is 93.5 Å². The van der Waals surface area contributed by atoms with Crippen LogP contribution in [0.15, 0.2) is 0 Å². The molecule has 15 heavy (non-hydrogen) atoms. The van der Waals surface area contributed by atoms with Crippen LogP contribution in [0.4, 0.5) is 0 Å². The third-order valence-corrected chi connectivity index (χ3v) is 3.46. The van der Waals surface area contributed by atoms with Crippen molar-refractivity contribution in [3.63, 3.8) is 0 Å². The van der Waals surface area contributed by atoms with Gasteiger partial charge in [-0.15, -0.1) is 0 Å². The van der Waals surface area contributed by atoms with Gasteiger partial charge in [-0.1, -0.05) is 12.8 Å². The number of nitrogens with one attached hydrogen (secondary N) is 1. The van der Waals surface area contributed by atoms with Gasteiger partial charge in [-0.05, 0) is 39.8 Å². The predicted molar refractivity (Wildman–Crippen MR) is 62.5 cm³/mol. The van der Waals surface area contributed by atoms with Gasteiger partial charge in [0.2, 0.25) is 0 Å². The summed E-state index contributed by atoms with van der Waals surface area (Å²) in [5.74, 6) is 0.546. The standard InChI is InChI=1S/C12H23N3/c1-12(10-13,11-6-4-5-7-11)14-8-9-15(2)3/h11,14H,4-9H2,1-3H3. The highest BCUT2D eigenvalue weighted by molar-refractivity contribution is 5.08. The van der Waals surface area contributed by atoms with Crippen molar-refractivity contribution in [2.75, 3.05) is 27.2 Å². The number of likely N-dealkylation sites (N-methyl/N-ethyl adjacent to an activating group) is 1. The molecule has 1 N–H and O–H groups in total.